The smallest absolute Gasteiger partial charge is 0.165 e. The van der Waals surface area contributed by atoms with Gasteiger partial charge in [-0.1, -0.05) is 25.4 Å². The van der Waals surface area contributed by atoms with Gasteiger partial charge in [-0.3, -0.25) is 0 Å². The van der Waals surface area contributed by atoms with Gasteiger partial charge in [0.2, 0.25) is 0 Å². The lowest BCUT2D eigenvalue weighted by molar-refractivity contribution is 0.477. The van der Waals surface area contributed by atoms with Gasteiger partial charge in [0.15, 0.2) is 5.82 Å². The second kappa shape index (κ2) is 7.42. The van der Waals surface area contributed by atoms with Gasteiger partial charge in [-0.15, -0.1) is 0 Å². The summed E-state index contributed by atoms with van der Waals surface area (Å²) in [6.45, 7) is 4.70. The maximum atomic E-state index is 10.0. The van der Waals surface area contributed by atoms with Gasteiger partial charge in [-0.2, -0.15) is 0 Å². The van der Waals surface area contributed by atoms with E-state index in [9.17, 15) is 5.11 Å². The Kier molecular flexibility index (Phi) is 5.57. The summed E-state index contributed by atoms with van der Waals surface area (Å²) < 4.78 is 0. The highest BCUT2D eigenvalue weighted by molar-refractivity contribution is 6.30. The molecule has 0 radical (unpaired) electrons. The molecule has 0 amide bonds. The lowest BCUT2D eigenvalue weighted by atomic mass is 10.1. The number of nitrogens with two attached hydrogens (primary N) is 1. The van der Waals surface area contributed by atoms with E-state index in [4.69, 9.17) is 17.3 Å². The van der Waals surface area contributed by atoms with E-state index in [1.165, 1.54) is 0 Å². The summed E-state index contributed by atoms with van der Waals surface area (Å²) >= 11 is 6.00. The van der Waals surface area contributed by atoms with Gasteiger partial charge < -0.3 is 16.2 Å². The number of phenols is 1. The molecular formula is C16H21ClN4O. The molecule has 4 N–H and O–H groups in total. The van der Waals surface area contributed by atoms with Crippen molar-refractivity contribution in [3.63, 3.8) is 0 Å². The van der Waals surface area contributed by atoms with Gasteiger partial charge in [0.05, 0.1) is 5.56 Å². The first-order valence-electron chi connectivity index (χ1n) is 7.39. The molecule has 118 valence electrons. The predicted octanol–water partition coefficient (Wildman–Crippen LogP) is 3.21. The normalized spacial score (nSPS) is 12.2. The number of aromatic nitrogens is 2. The van der Waals surface area contributed by atoms with Crippen molar-refractivity contribution >= 4 is 17.4 Å². The average molecular weight is 321 g/mol. The molecule has 22 heavy (non-hydrogen) atoms. The van der Waals surface area contributed by atoms with E-state index in [0.717, 1.165) is 18.5 Å². The second-order valence-corrected chi connectivity index (χ2v) is 5.57. The van der Waals surface area contributed by atoms with Crippen molar-refractivity contribution in [1.82, 2.24) is 9.97 Å². The fourth-order valence-electron chi connectivity index (χ4n) is 1.96. The third kappa shape index (κ3) is 4.08. The molecule has 0 aliphatic rings. The first kappa shape index (κ1) is 16.5. The molecule has 1 aromatic carbocycles. The lowest BCUT2D eigenvalue weighted by Crippen LogP contribution is -2.28. The number of aromatic hydroxyl groups is 1. The van der Waals surface area contributed by atoms with Crippen LogP contribution in [0.4, 0.5) is 5.82 Å². The third-order valence-electron chi connectivity index (χ3n) is 3.41. The van der Waals surface area contributed by atoms with Crippen molar-refractivity contribution in [3.05, 3.63) is 35.0 Å². The monoisotopic (exact) mass is 320 g/mol. The molecule has 0 spiro atoms. The highest BCUT2D eigenvalue weighted by Gasteiger charge is 2.11. The highest BCUT2D eigenvalue weighted by Crippen LogP contribution is 2.30. The summed E-state index contributed by atoms with van der Waals surface area (Å²) in [5, 5.41) is 13.8. The van der Waals surface area contributed by atoms with E-state index in [1.807, 2.05) is 19.9 Å². The van der Waals surface area contributed by atoms with Crippen LogP contribution in [0.1, 0.15) is 26.0 Å². The van der Waals surface area contributed by atoms with Gasteiger partial charge in [0.25, 0.3) is 0 Å². The SMILES string of the molecule is CCc1cc(NCC(N)CC)nc(-c2cc(Cl)ccc2O)n1. The van der Waals surface area contributed by atoms with Crippen LogP contribution < -0.4 is 11.1 Å². The van der Waals surface area contributed by atoms with Crippen molar-refractivity contribution in [2.75, 3.05) is 11.9 Å². The number of anilines is 1. The minimum Gasteiger partial charge on any atom is -0.507 e. The summed E-state index contributed by atoms with van der Waals surface area (Å²) in [7, 11) is 0. The molecule has 5 nitrogen and oxygen atoms in total. The number of hydrogen-bond donors (Lipinski definition) is 3. The van der Waals surface area contributed by atoms with Crippen molar-refractivity contribution in [2.24, 2.45) is 5.73 Å². The lowest BCUT2D eigenvalue weighted by Gasteiger charge is -2.13. The standard InChI is InChI=1S/C16H21ClN4O/c1-3-11(18)9-19-15-8-12(4-2)20-16(21-15)13-7-10(17)5-6-14(13)22/h5-8,11,22H,3-4,9,18H2,1-2H3,(H,19,20,21). The van der Waals surface area contributed by atoms with E-state index < -0.39 is 0 Å². The minimum absolute atomic E-state index is 0.0723. The van der Waals surface area contributed by atoms with Crippen molar-refractivity contribution in [3.8, 4) is 17.1 Å². The number of nitrogens with one attached hydrogen (secondary N) is 1. The molecule has 2 rings (SSSR count). The van der Waals surface area contributed by atoms with E-state index in [2.05, 4.69) is 15.3 Å². The number of aryl methyl sites for hydroxylation is 1. The Morgan fingerprint density at radius 2 is 2.05 bits per heavy atom. The summed E-state index contributed by atoms with van der Waals surface area (Å²) in [6.07, 6.45) is 1.66. The van der Waals surface area contributed by atoms with Crippen LogP contribution in [-0.2, 0) is 6.42 Å². The van der Waals surface area contributed by atoms with Crippen LogP contribution in [0.25, 0.3) is 11.4 Å². The molecular weight excluding hydrogens is 300 g/mol. The molecule has 0 aliphatic heterocycles. The molecule has 1 unspecified atom stereocenters. The van der Waals surface area contributed by atoms with E-state index >= 15 is 0 Å². The summed E-state index contributed by atoms with van der Waals surface area (Å²) in [4.78, 5) is 8.93. The zero-order valence-corrected chi connectivity index (χ0v) is 13.6. The predicted molar refractivity (Wildman–Crippen MR) is 90.3 cm³/mol. The fraction of sp³-hybridized carbons (Fsp3) is 0.375. The number of halogens is 1. The second-order valence-electron chi connectivity index (χ2n) is 5.13. The quantitative estimate of drug-likeness (QED) is 0.761. The summed E-state index contributed by atoms with van der Waals surface area (Å²) in [6, 6.07) is 6.80. The number of hydrogen-bond acceptors (Lipinski definition) is 5. The van der Waals surface area contributed by atoms with Crippen LogP contribution in [0, 0.1) is 0 Å². The molecule has 0 aliphatic carbocycles. The summed E-state index contributed by atoms with van der Waals surface area (Å²) in [5.41, 5.74) is 7.33. The van der Waals surface area contributed by atoms with Gasteiger partial charge >= 0.3 is 0 Å². The Bertz CT molecular complexity index is 648. The number of phenolic OH excluding ortho intramolecular Hbond substituents is 1. The van der Waals surface area contributed by atoms with Crippen molar-refractivity contribution in [1.29, 1.82) is 0 Å². The van der Waals surface area contributed by atoms with Crippen LogP contribution in [0.15, 0.2) is 24.3 Å². The molecule has 0 saturated carbocycles. The van der Waals surface area contributed by atoms with Crippen LogP contribution >= 0.6 is 11.6 Å². The highest BCUT2D eigenvalue weighted by atomic mass is 35.5. The van der Waals surface area contributed by atoms with Gasteiger partial charge in [-0.05, 0) is 31.0 Å². The zero-order valence-electron chi connectivity index (χ0n) is 12.8. The minimum atomic E-state index is 0.0723. The molecule has 1 aromatic heterocycles. The number of rotatable bonds is 6. The van der Waals surface area contributed by atoms with Crippen LogP contribution in [0.3, 0.4) is 0 Å². The van der Waals surface area contributed by atoms with E-state index in [0.29, 0.717) is 28.8 Å². The number of nitrogens with zero attached hydrogens (tertiary/aromatic N) is 2. The van der Waals surface area contributed by atoms with Crippen LogP contribution in [0.5, 0.6) is 5.75 Å². The Labute approximate surface area is 135 Å². The topological polar surface area (TPSA) is 84.1 Å². The molecule has 6 heteroatoms. The molecule has 1 heterocycles. The molecule has 0 bridgehead atoms. The van der Waals surface area contributed by atoms with E-state index in [-0.39, 0.29) is 11.8 Å². The Balaban J connectivity index is 2.36. The summed E-state index contributed by atoms with van der Waals surface area (Å²) in [5.74, 6) is 1.26. The molecule has 1 atom stereocenters. The Morgan fingerprint density at radius 1 is 1.27 bits per heavy atom. The fourth-order valence-corrected chi connectivity index (χ4v) is 2.13. The number of benzene rings is 1. The molecule has 0 fully saturated rings. The van der Waals surface area contributed by atoms with Crippen LogP contribution in [-0.4, -0.2) is 27.7 Å². The maximum absolute atomic E-state index is 10.0. The Morgan fingerprint density at radius 3 is 2.73 bits per heavy atom. The largest absolute Gasteiger partial charge is 0.507 e. The molecule has 0 saturated heterocycles. The van der Waals surface area contributed by atoms with Crippen molar-refractivity contribution in [2.45, 2.75) is 32.7 Å². The van der Waals surface area contributed by atoms with E-state index in [1.54, 1.807) is 18.2 Å². The van der Waals surface area contributed by atoms with Crippen LogP contribution in [0.2, 0.25) is 5.02 Å². The third-order valence-corrected chi connectivity index (χ3v) is 3.65. The van der Waals surface area contributed by atoms with Gasteiger partial charge in [-0.25, -0.2) is 9.97 Å². The maximum Gasteiger partial charge on any atom is 0.165 e. The molecule has 2 aromatic rings. The van der Waals surface area contributed by atoms with Gasteiger partial charge in [0.1, 0.15) is 11.6 Å². The Hall–Kier alpha value is -1.85. The first-order valence-corrected chi connectivity index (χ1v) is 7.77. The average Bonchev–Trinajstić information content (AvgIpc) is 2.54. The van der Waals surface area contributed by atoms with Crippen molar-refractivity contribution < 1.29 is 5.11 Å². The zero-order chi connectivity index (χ0) is 16.1. The first-order chi connectivity index (χ1) is 10.5. The van der Waals surface area contributed by atoms with Gasteiger partial charge in [0, 0.05) is 29.4 Å².